The van der Waals surface area contributed by atoms with E-state index in [9.17, 15) is 0 Å². The number of rotatable bonds is 6. The molecule has 0 unspecified atom stereocenters. The number of methoxy groups -OCH3 is 1. The molecule has 0 bridgehead atoms. The van der Waals surface area contributed by atoms with E-state index in [1.165, 1.54) is 5.56 Å². The monoisotopic (exact) mass is 369 g/mol. The minimum Gasteiger partial charge on any atom is -0.495 e. The first kappa shape index (κ1) is 17.9. The lowest BCUT2D eigenvalue weighted by Gasteiger charge is -2.14. The average molecular weight is 370 g/mol. The summed E-state index contributed by atoms with van der Waals surface area (Å²) in [4.78, 5) is 4.49. The fourth-order valence-electron chi connectivity index (χ4n) is 2.65. The highest BCUT2D eigenvalue weighted by atomic mass is 35.5. The Hall–Kier alpha value is -2.86. The third-order valence-corrected chi connectivity index (χ3v) is 4.19. The molecule has 0 aliphatic heterocycles. The van der Waals surface area contributed by atoms with Gasteiger partial charge in [0, 0.05) is 10.7 Å². The van der Waals surface area contributed by atoms with E-state index in [-0.39, 0.29) is 0 Å². The Labute approximate surface area is 157 Å². The lowest BCUT2D eigenvalue weighted by atomic mass is 10.1. The molecule has 1 heterocycles. The van der Waals surface area contributed by atoms with Crippen LogP contribution in [0.3, 0.4) is 0 Å². The van der Waals surface area contributed by atoms with Gasteiger partial charge in [0.1, 0.15) is 5.75 Å². The molecule has 0 saturated heterocycles. The quantitative estimate of drug-likeness (QED) is 0.644. The van der Waals surface area contributed by atoms with Crippen LogP contribution >= 0.6 is 11.6 Å². The standard InChI is InChI=1S/C19H20ClN5O/c1-4-13-7-5-6-12(2)18(13)24-19-23-17(11-21-25-19)22-15-10-14(20)8-9-16(15)26-3/h5-11H,4H2,1-3H3,(H2,22,23,24,25). The van der Waals surface area contributed by atoms with Crippen LogP contribution in [-0.4, -0.2) is 22.3 Å². The molecule has 0 radical (unpaired) electrons. The van der Waals surface area contributed by atoms with Crippen molar-refractivity contribution in [2.45, 2.75) is 20.3 Å². The van der Waals surface area contributed by atoms with Gasteiger partial charge in [-0.05, 0) is 42.7 Å². The summed E-state index contributed by atoms with van der Waals surface area (Å²) in [6.07, 6.45) is 2.46. The zero-order chi connectivity index (χ0) is 18.5. The average Bonchev–Trinajstić information content (AvgIpc) is 2.64. The number of para-hydroxylation sites is 1. The van der Waals surface area contributed by atoms with Gasteiger partial charge in [0.2, 0.25) is 5.95 Å². The van der Waals surface area contributed by atoms with E-state index in [0.29, 0.717) is 28.2 Å². The molecule has 7 heteroatoms. The third-order valence-electron chi connectivity index (χ3n) is 3.96. The van der Waals surface area contributed by atoms with Crippen LogP contribution in [0.4, 0.5) is 23.1 Å². The maximum Gasteiger partial charge on any atom is 0.249 e. The molecule has 2 N–H and O–H groups in total. The fourth-order valence-corrected chi connectivity index (χ4v) is 2.82. The number of benzene rings is 2. The van der Waals surface area contributed by atoms with Crippen molar-refractivity contribution in [3.8, 4) is 5.75 Å². The van der Waals surface area contributed by atoms with E-state index in [0.717, 1.165) is 17.7 Å². The zero-order valence-corrected chi connectivity index (χ0v) is 15.6. The van der Waals surface area contributed by atoms with Crippen LogP contribution in [0.25, 0.3) is 0 Å². The van der Waals surface area contributed by atoms with Crippen LogP contribution in [0.5, 0.6) is 5.75 Å². The van der Waals surface area contributed by atoms with Gasteiger partial charge in [0.15, 0.2) is 5.82 Å². The smallest absolute Gasteiger partial charge is 0.249 e. The molecular weight excluding hydrogens is 350 g/mol. The van der Waals surface area contributed by atoms with Crippen LogP contribution in [0.1, 0.15) is 18.1 Å². The van der Waals surface area contributed by atoms with E-state index in [2.05, 4.69) is 38.8 Å². The van der Waals surface area contributed by atoms with Gasteiger partial charge >= 0.3 is 0 Å². The summed E-state index contributed by atoms with van der Waals surface area (Å²) in [7, 11) is 1.60. The second-order valence-electron chi connectivity index (χ2n) is 5.72. The molecule has 0 aliphatic rings. The first-order valence-electron chi connectivity index (χ1n) is 8.26. The summed E-state index contributed by atoms with van der Waals surface area (Å²) >= 11 is 6.07. The van der Waals surface area contributed by atoms with Gasteiger partial charge in [-0.1, -0.05) is 36.7 Å². The normalized spacial score (nSPS) is 10.5. The van der Waals surface area contributed by atoms with Gasteiger partial charge in [-0.3, -0.25) is 0 Å². The zero-order valence-electron chi connectivity index (χ0n) is 14.9. The highest BCUT2D eigenvalue weighted by Gasteiger charge is 2.09. The number of ether oxygens (including phenoxy) is 1. The molecule has 134 valence electrons. The molecule has 3 rings (SSSR count). The van der Waals surface area contributed by atoms with E-state index < -0.39 is 0 Å². The molecule has 0 aliphatic carbocycles. The number of nitrogens with one attached hydrogen (secondary N) is 2. The van der Waals surface area contributed by atoms with Crippen LogP contribution in [0.15, 0.2) is 42.6 Å². The number of hydrogen-bond acceptors (Lipinski definition) is 6. The van der Waals surface area contributed by atoms with E-state index in [4.69, 9.17) is 16.3 Å². The van der Waals surface area contributed by atoms with Crippen LogP contribution in [-0.2, 0) is 6.42 Å². The Balaban J connectivity index is 1.87. The van der Waals surface area contributed by atoms with Crippen molar-refractivity contribution in [3.05, 3.63) is 58.7 Å². The van der Waals surface area contributed by atoms with Gasteiger partial charge < -0.3 is 15.4 Å². The Kier molecular flexibility index (Phi) is 5.53. The maximum absolute atomic E-state index is 6.07. The lowest BCUT2D eigenvalue weighted by Crippen LogP contribution is -2.05. The summed E-state index contributed by atoms with van der Waals surface area (Å²) in [6, 6.07) is 11.5. The molecule has 1 aromatic heterocycles. The van der Waals surface area contributed by atoms with Crippen molar-refractivity contribution in [1.82, 2.24) is 15.2 Å². The van der Waals surface area contributed by atoms with Gasteiger partial charge in [-0.15, -0.1) is 5.10 Å². The molecule has 0 atom stereocenters. The SMILES string of the molecule is CCc1cccc(C)c1Nc1nncc(Nc2cc(Cl)ccc2OC)n1. The largest absolute Gasteiger partial charge is 0.495 e. The minimum absolute atomic E-state index is 0.417. The first-order chi connectivity index (χ1) is 12.6. The van der Waals surface area contributed by atoms with Crippen molar-refractivity contribution >= 4 is 34.7 Å². The minimum atomic E-state index is 0.417. The Bertz CT molecular complexity index is 916. The van der Waals surface area contributed by atoms with Gasteiger partial charge in [-0.25, -0.2) is 0 Å². The predicted molar refractivity (Wildman–Crippen MR) is 105 cm³/mol. The number of hydrogen-bond donors (Lipinski definition) is 2. The van der Waals surface area contributed by atoms with E-state index in [1.807, 2.05) is 19.1 Å². The summed E-state index contributed by atoms with van der Waals surface area (Å²) in [6.45, 7) is 4.16. The Morgan fingerprint density at radius 1 is 1.15 bits per heavy atom. The topological polar surface area (TPSA) is 72.0 Å². The highest BCUT2D eigenvalue weighted by molar-refractivity contribution is 6.31. The number of aromatic nitrogens is 3. The number of halogens is 1. The van der Waals surface area contributed by atoms with Gasteiger partial charge in [0.05, 0.1) is 19.0 Å². The summed E-state index contributed by atoms with van der Waals surface area (Å²) in [5, 5.41) is 15.2. The molecular formula is C19H20ClN5O. The van der Waals surface area contributed by atoms with Crippen molar-refractivity contribution in [1.29, 1.82) is 0 Å². The molecule has 2 aromatic carbocycles. The molecule has 6 nitrogen and oxygen atoms in total. The number of nitrogens with zero attached hydrogens (tertiary/aromatic N) is 3. The van der Waals surface area contributed by atoms with Crippen LogP contribution < -0.4 is 15.4 Å². The predicted octanol–water partition coefficient (Wildman–Crippen LogP) is 4.89. The Morgan fingerprint density at radius 2 is 2.00 bits per heavy atom. The fraction of sp³-hybridized carbons (Fsp3) is 0.211. The third kappa shape index (κ3) is 4.03. The Morgan fingerprint density at radius 3 is 2.77 bits per heavy atom. The lowest BCUT2D eigenvalue weighted by molar-refractivity contribution is 0.417. The van der Waals surface area contributed by atoms with Crippen molar-refractivity contribution in [2.75, 3.05) is 17.7 Å². The number of aryl methyl sites for hydroxylation is 2. The van der Waals surface area contributed by atoms with Gasteiger partial charge in [-0.2, -0.15) is 10.1 Å². The van der Waals surface area contributed by atoms with Gasteiger partial charge in [0.25, 0.3) is 0 Å². The van der Waals surface area contributed by atoms with Crippen LogP contribution in [0, 0.1) is 6.92 Å². The van der Waals surface area contributed by atoms with E-state index >= 15 is 0 Å². The second-order valence-corrected chi connectivity index (χ2v) is 6.16. The molecule has 0 spiro atoms. The maximum atomic E-state index is 6.07. The van der Waals surface area contributed by atoms with E-state index in [1.54, 1.807) is 31.5 Å². The summed E-state index contributed by atoms with van der Waals surface area (Å²) in [5.74, 6) is 1.62. The first-order valence-corrected chi connectivity index (χ1v) is 8.64. The summed E-state index contributed by atoms with van der Waals surface area (Å²) in [5.41, 5.74) is 4.04. The number of anilines is 4. The summed E-state index contributed by atoms with van der Waals surface area (Å²) < 4.78 is 5.34. The highest BCUT2D eigenvalue weighted by Crippen LogP contribution is 2.30. The molecule has 26 heavy (non-hydrogen) atoms. The van der Waals surface area contributed by atoms with Crippen LogP contribution in [0.2, 0.25) is 5.02 Å². The van der Waals surface area contributed by atoms with Crippen molar-refractivity contribution in [3.63, 3.8) is 0 Å². The van der Waals surface area contributed by atoms with Crippen molar-refractivity contribution < 1.29 is 4.74 Å². The molecule has 0 saturated carbocycles. The molecule has 0 fully saturated rings. The molecule has 0 amide bonds. The molecule has 3 aromatic rings. The van der Waals surface area contributed by atoms with Crippen molar-refractivity contribution in [2.24, 2.45) is 0 Å². The second kappa shape index (κ2) is 8.01.